The fourth-order valence-corrected chi connectivity index (χ4v) is 2.59. The van der Waals surface area contributed by atoms with Gasteiger partial charge in [0.05, 0.1) is 12.6 Å². The minimum atomic E-state index is -0.489. The number of pyridine rings is 1. The summed E-state index contributed by atoms with van der Waals surface area (Å²) in [6.07, 6.45) is 0.447. The van der Waals surface area contributed by atoms with E-state index in [0.717, 1.165) is 5.56 Å². The van der Waals surface area contributed by atoms with Crippen LogP contribution in [-0.4, -0.2) is 28.6 Å². The molecule has 23 heavy (non-hydrogen) atoms. The van der Waals surface area contributed by atoms with Crippen molar-refractivity contribution >= 4 is 17.5 Å². The first-order valence-corrected chi connectivity index (χ1v) is 7.65. The summed E-state index contributed by atoms with van der Waals surface area (Å²) in [5, 5.41) is 12.8. The Morgan fingerprint density at radius 1 is 1.30 bits per heavy atom. The maximum Gasteiger partial charge on any atom is 0.261 e. The Balaban J connectivity index is 2.14. The van der Waals surface area contributed by atoms with E-state index in [4.69, 9.17) is 11.6 Å². The molecule has 1 aromatic heterocycles. The predicted octanol–water partition coefficient (Wildman–Crippen LogP) is 1.98. The number of hydrogen-bond donors (Lipinski definition) is 3. The van der Waals surface area contributed by atoms with Gasteiger partial charge in [0, 0.05) is 10.7 Å². The van der Waals surface area contributed by atoms with Crippen molar-refractivity contribution < 1.29 is 9.90 Å². The molecule has 0 aliphatic carbocycles. The molecule has 0 unspecified atom stereocenters. The van der Waals surface area contributed by atoms with Crippen molar-refractivity contribution in [1.82, 2.24) is 10.3 Å². The van der Waals surface area contributed by atoms with Gasteiger partial charge in [0.2, 0.25) is 0 Å². The van der Waals surface area contributed by atoms with Crippen LogP contribution in [0.1, 0.15) is 27.2 Å². The molecule has 0 radical (unpaired) electrons. The van der Waals surface area contributed by atoms with Crippen LogP contribution < -0.4 is 10.9 Å². The zero-order valence-corrected chi connectivity index (χ0v) is 13.8. The number of benzene rings is 1. The van der Waals surface area contributed by atoms with E-state index >= 15 is 0 Å². The largest absolute Gasteiger partial charge is 0.394 e. The van der Waals surface area contributed by atoms with Gasteiger partial charge in [-0.2, -0.15) is 0 Å². The number of halogens is 1. The predicted molar refractivity (Wildman–Crippen MR) is 90.0 cm³/mol. The number of rotatable bonds is 5. The quantitative estimate of drug-likeness (QED) is 0.782. The molecule has 0 fully saturated rings. The molecule has 0 bridgehead atoms. The lowest BCUT2D eigenvalue weighted by molar-refractivity contribution is 0.0914. The molecule has 1 heterocycles. The highest BCUT2D eigenvalue weighted by Crippen LogP contribution is 2.11. The summed E-state index contributed by atoms with van der Waals surface area (Å²) in [6, 6.07) is 8.43. The molecule has 2 aromatic rings. The fraction of sp³-hybridized carbons (Fsp3) is 0.294. The van der Waals surface area contributed by atoms with Gasteiger partial charge in [-0.15, -0.1) is 0 Å². The van der Waals surface area contributed by atoms with E-state index in [1.807, 2.05) is 12.1 Å². The Bertz CT molecular complexity index is 753. The lowest BCUT2D eigenvalue weighted by atomic mass is 10.1. The van der Waals surface area contributed by atoms with E-state index in [2.05, 4.69) is 10.3 Å². The topological polar surface area (TPSA) is 82.2 Å². The summed E-state index contributed by atoms with van der Waals surface area (Å²) in [5.74, 6) is -0.489. The Morgan fingerprint density at radius 2 is 1.96 bits per heavy atom. The molecule has 0 saturated carbocycles. The molecule has 0 aliphatic heterocycles. The van der Waals surface area contributed by atoms with E-state index in [-0.39, 0.29) is 12.2 Å². The Hall–Kier alpha value is -2.11. The number of aromatic amines is 1. The van der Waals surface area contributed by atoms with Crippen molar-refractivity contribution in [1.29, 1.82) is 0 Å². The Labute approximate surface area is 139 Å². The molecule has 6 heteroatoms. The number of hydrogen-bond acceptors (Lipinski definition) is 3. The van der Waals surface area contributed by atoms with Crippen LogP contribution in [0, 0.1) is 13.8 Å². The van der Waals surface area contributed by atoms with Crippen LogP contribution >= 0.6 is 11.6 Å². The molecule has 1 atom stereocenters. The number of aliphatic hydroxyl groups excluding tert-OH is 1. The van der Waals surface area contributed by atoms with Crippen molar-refractivity contribution in [3.8, 4) is 0 Å². The Morgan fingerprint density at radius 3 is 2.52 bits per heavy atom. The molecule has 0 saturated heterocycles. The first-order chi connectivity index (χ1) is 10.9. The SMILES string of the molecule is Cc1cc(C)c(C(=O)N[C@@H](CO)Cc2ccc(Cl)cc2)c(=O)[nH]1. The summed E-state index contributed by atoms with van der Waals surface area (Å²) in [6.45, 7) is 3.24. The third-order valence-electron chi connectivity index (χ3n) is 3.54. The molecular weight excluding hydrogens is 316 g/mol. The number of H-pyrrole nitrogens is 1. The zero-order valence-electron chi connectivity index (χ0n) is 13.0. The van der Waals surface area contributed by atoms with Gasteiger partial charge < -0.3 is 15.4 Å². The van der Waals surface area contributed by atoms with Crippen LogP contribution in [0.2, 0.25) is 5.02 Å². The minimum absolute atomic E-state index is 0.0742. The monoisotopic (exact) mass is 334 g/mol. The van der Waals surface area contributed by atoms with Crippen LogP contribution in [-0.2, 0) is 6.42 Å². The maximum atomic E-state index is 12.3. The molecule has 1 amide bonds. The fourth-order valence-electron chi connectivity index (χ4n) is 2.46. The third-order valence-corrected chi connectivity index (χ3v) is 3.80. The molecule has 2 rings (SSSR count). The van der Waals surface area contributed by atoms with Gasteiger partial charge in [0.1, 0.15) is 5.56 Å². The van der Waals surface area contributed by atoms with Gasteiger partial charge in [-0.25, -0.2) is 0 Å². The van der Waals surface area contributed by atoms with Crippen LogP contribution in [0.15, 0.2) is 35.1 Å². The van der Waals surface area contributed by atoms with E-state index < -0.39 is 17.5 Å². The number of aryl methyl sites for hydroxylation is 2. The summed E-state index contributed by atoms with van der Waals surface area (Å²) in [5.41, 5.74) is 1.88. The second-order valence-corrected chi connectivity index (χ2v) is 5.96. The van der Waals surface area contributed by atoms with Crippen LogP contribution in [0.4, 0.5) is 0 Å². The molecule has 1 aromatic carbocycles. The average Bonchev–Trinajstić information content (AvgIpc) is 2.47. The molecule has 122 valence electrons. The van der Waals surface area contributed by atoms with Gasteiger partial charge >= 0.3 is 0 Å². The highest BCUT2D eigenvalue weighted by atomic mass is 35.5. The van der Waals surface area contributed by atoms with E-state index in [9.17, 15) is 14.7 Å². The van der Waals surface area contributed by atoms with E-state index in [1.54, 1.807) is 32.0 Å². The van der Waals surface area contributed by atoms with Gasteiger partial charge in [-0.3, -0.25) is 9.59 Å². The average molecular weight is 335 g/mol. The molecule has 3 N–H and O–H groups in total. The van der Waals surface area contributed by atoms with Gasteiger partial charge in [-0.1, -0.05) is 23.7 Å². The second kappa shape index (κ2) is 7.44. The lowest BCUT2D eigenvalue weighted by Crippen LogP contribution is -2.41. The van der Waals surface area contributed by atoms with Crippen molar-refractivity contribution in [2.45, 2.75) is 26.3 Å². The van der Waals surface area contributed by atoms with E-state index in [0.29, 0.717) is 22.7 Å². The number of aromatic nitrogens is 1. The zero-order chi connectivity index (χ0) is 17.0. The molecular formula is C17H19ClN2O3. The van der Waals surface area contributed by atoms with Crippen molar-refractivity contribution in [2.24, 2.45) is 0 Å². The summed E-state index contributed by atoms with van der Waals surface area (Å²) < 4.78 is 0. The van der Waals surface area contributed by atoms with Gasteiger partial charge in [-0.05, 0) is 49.6 Å². The molecule has 0 aliphatic rings. The van der Waals surface area contributed by atoms with Gasteiger partial charge in [0.25, 0.3) is 11.5 Å². The van der Waals surface area contributed by atoms with Crippen molar-refractivity contribution in [3.63, 3.8) is 0 Å². The number of carbonyl (C=O) groups excluding carboxylic acids is 1. The van der Waals surface area contributed by atoms with Crippen molar-refractivity contribution in [3.05, 3.63) is 68.1 Å². The first kappa shape index (κ1) is 17.2. The number of aliphatic hydroxyl groups is 1. The highest BCUT2D eigenvalue weighted by Gasteiger charge is 2.18. The Kier molecular flexibility index (Phi) is 5.58. The third kappa shape index (κ3) is 4.43. The minimum Gasteiger partial charge on any atom is -0.394 e. The van der Waals surface area contributed by atoms with Crippen LogP contribution in [0.25, 0.3) is 0 Å². The summed E-state index contributed by atoms with van der Waals surface area (Å²) in [7, 11) is 0. The number of nitrogens with one attached hydrogen (secondary N) is 2. The van der Waals surface area contributed by atoms with Crippen LogP contribution in [0.3, 0.4) is 0 Å². The summed E-state index contributed by atoms with van der Waals surface area (Å²) in [4.78, 5) is 26.9. The van der Waals surface area contributed by atoms with Crippen molar-refractivity contribution in [2.75, 3.05) is 6.61 Å². The smallest absolute Gasteiger partial charge is 0.261 e. The normalized spacial score (nSPS) is 12.0. The standard InChI is InChI=1S/C17H19ClN2O3/c1-10-7-11(2)19-16(22)15(10)17(23)20-14(9-21)8-12-3-5-13(18)6-4-12/h3-7,14,21H,8-9H2,1-2H3,(H,19,22)(H,20,23)/t14-/m1/s1. The summed E-state index contributed by atoms with van der Waals surface area (Å²) >= 11 is 5.84. The second-order valence-electron chi connectivity index (χ2n) is 5.52. The first-order valence-electron chi connectivity index (χ1n) is 7.27. The number of amides is 1. The molecule has 5 nitrogen and oxygen atoms in total. The van der Waals surface area contributed by atoms with Crippen LogP contribution in [0.5, 0.6) is 0 Å². The highest BCUT2D eigenvalue weighted by molar-refractivity contribution is 6.30. The van der Waals surface area contributed by atoms with Gasteiger partial charge in [0.15, 0.2) is 0 Å². The maximum absolute atomic E-state index is 12.3. The van der Waals surface area contributed by atoms with E-state index in [1.165, 1.54) is 0 Å². The lowest BCUT2D eigenvalue weighted by Gasteiger charge is -2.17. The molecule has 0 spiro atoms. The number of carbonyl (C=O) groups is 1.